The normalized spacial score (nSPS) is 0. The molecular formula is H4NaO2W. The van der Waals surface area contributed by atoms with Gasteiger partial charge >= 0.3 is 0 Å². The Balaban J connectivity index is 0. The molecule has 0 atom stereocenters. The standard InChI is InChI=1S/Na.2H2O.W/h;2*1H2;. The van der Waals surface area contributed by atoms with Gasteiger partial charge in [0.05, 0.1) is 0 Å². The molecule has 0 aliphatic rings. The van der Waals surface area contributed by atoms with Crippen LogP contribution >= 0.6 is 0 Å². The van der Waals surface area contributed by atoms with Crippen molar-refractivity contribution in [2.45, 2.75) is 0 Å². The maximum Gasteiger partial charge on any atom is 0 e. The third kappa shape index (κ3) is 9.49. The number of hydrogen-bond donors (Lipinski definition) is 0. The second-order valence-electron chi connectivity index (χ2n) is 0. The van der Waals surface area contributed by atoms with E-state index in [-0.39, 0.29) is 61.6 Å². The quantitative estimate of drug-likeness (QED) is 0.440. The third-order valence-corrected chi connectivity index (χ3v) is 0. The van der Waals surface area contributed by atoms with E-state index in [0.29, 0.717) is 0 Å². The maximum atomic E-state index is 0. The van der Waals surface area contributed by atoms with Crippen LogP contribution in [0.25, 0.3) is 0 Å². The van der Waals surface area contributed by atoms with E-state index < -0.39 is 0 Å². The summed E-state index contributed by atoms with van der Waals surface area (Å²) in [5.74, 6) is 0. The van der Waals surface area contributed by atoms with Gasteiger partial charge < -0.3 is 11.0 Å². The van der Waals surface area contributed by atoms with Crippen LogP contribution in [-0.2, 0) is 21.1 Å². The Bertz CT molecular complexity index is 6.00. The average molecular weight is 243 g/mol. The van der Waals surface area contributed by atoms with E-state index in [2.05, 4.69) is 0 Å². The fourth-order valence-corrected chi connectivity index (χ4v) is 0. The molecular weight excluding hydrogens is 239 g/mol. The van der Waals surface area contributed by atoms with Gasteiger partial charge in [0, 0.05) is 50.6 Å². The van der Waals surface area contributed by atoms with Crippen molar-refractivity contribution >= 4 is 29.6 Å². The SMILES string of the molecule is O.O.[Na].[W]. The molecule has 0 aromatic rings. The van der Waals surface area contributed by atoms with Gasteiger partial charge in [-0.15, -0.1) is 0 Å². The van der Waals surface area contributed by atoms with E-state index >= 15 is 0 Å². The molecule has 23 valence electrons. The molecule has 0 aromatic carbocycles. The summed E-state index contributed by atoms with van der Waals surface area (Å²) in [6.07, 6.45) is 0. The second kappa shape index (κ2) is 23.2. The molecule has 0 aromatic heterocycles. The minimum atomic E-state index is 0. The molecule has 4 heteroatoms. The first-order chi connectivity index (χ1) is 0. The summed E-state index contributed by atoms with van der Waals surface area (Å²) >= 11 is 0. The molecule has 0 spiro atoms. The van der Waals surface area contributed by atoms with Gasteiger partial charge in [-0.25, -0.2) is 0 Å². The van der Waals surface area contributed by atoms with Crippen LogP contribution in [0.15, 0.2) is 0 Å². The first-order valence-corrected chi connectivity index (χ1v) is 0. The first kappa shape index (κ1) is 46.0. The Kier molecular flexibility index (Phi) is 267. The maximum absolute atomic E-state index is 0. The summed E-state index contributed by atoms with van der Waals surface area (Å²) in [5.41, 5.74) is 0. The minimum absolute atomic E-state index is 0. The van der Waals surface area contributed by atoms with Gasteiger partial charge in [0.2, 0.25) is 0 Å². The monoisotopic (exact) mass is 243 g/mol. The third-order valence-electron chi connectivity index (χ3n) is 0. The van der Waals surface area contributed by atoms with Crippen LogP contribution in [0.1, 0.15) is 0 Å². The van der Waals surface area contributed by atoms with Crippen LogP contribution in [0.4, 0.5) is 0 Å². The Labute approximate surface area is 61.1 Å². The predicted molar refractivity (Wildman–Crippen MR) is 13.0 cm³/mol. The first-order valence-electron chi connectivity index (χ1n) is 0. The Morgan fingerprint density at radius 3 is 0.750 bits per heavy atom. The zero-order valence-corrected chi connectivity index (χ0v) is 7.34. The van der Waals surface area contributed by atoms with E-state index in [9.17, 15) is 0 Å². The van der Waals surface area contributed by atoms with Crippen LogP contribution < -0.4 is 0 Å². The average Bonchev–Trinajstić information content (AvgIpc) is 0. The van der Waals surface area contributed by atoms with Crippen LogP contribution in [0, 0.1) is 0 Å². The summed E-state index contributed by atoms with van der Waals surface area (Å²) in [6.45, 7) is 0. The largest absolute Gasteiger partial charge is 0.412 e. The molecule has 4 N–H and O–H groups in total. The van der Waals surface area contributed by atoms with Gasteiger partial charge in [0.1, 0.15) is 0 Å². The fraction of sp³-hybridized carbons (Fsp3) is 0. The molecule has 1 radical (unpaired) electrons. The number of rotatable bonds is 0. The molecule has 0 unspecified atom stereocenters. The summed E-state index contributed by atoms with van der Waals surface area (Å²) in [4.78, 5) is 0. The van der Waals surface area contributed by atoms with E-state index in [1.165, 1.54) is 0 Å². The molecule has 4 heavy (non-hydrogen) atoms. The van der Waals surface area contributed by atoms with Gasteiger partial charge in [-0.05, 0) is 0 Å². The molecule has 0 saturated carbocycles. The van der Waals surface area contributed by atoms with Gasteiger partial charge in [-0.1, -0.05) is 0 Å². The second-order valence-corrected chi connectivity index (χ2v) is 0. The van der Waals surface area contributed by atoms with Gasteiger partial charge in [0.15, 0.2) is 0 Å². The molecule has 2 nitrogen and oxygen atoms in total. The Morgan fingerprint density at radius 1 is 0.750 bits per heavy atom. The van der Waals surface area contributed by atoms with E-state index in [0.717, 1.165) is 0 Å². The molecule has 0 bridgehead atoms. The molecule has 0 saturated heterocycles. The summed E-state index contributed by atoms with van der Waals surface area (Å²) in [5, 5.41) is 0. The Morgan fingerprint density at radius 2 is 0.750 bits per heavy atom. The van der Waals surface area contributed by atoms with Crippen molar-refractivity contribution < 1.29 is 32.0 Å². The number of hydrogen-bond acceptors (Lipinski definition) is 0. The smallest absolute Gasteiger partial charge is 0 e. The van der Waals surface area contributed by atoms with Crippen LogP contribution in [0.3, 0.4) is 0 Å². The fourth-order valence-electron chi connectivity index (χ4n) is 0. The van der Waals surface area contributed by atoms with E-state index in [1.54, 1.807) is 0 Å². The van der Waals surface area contributed by atoms with Crippen molar-refractivity contribution in [3.05, 3.63) is 0 Å². The van der Waals surface area contributed by atoms with Gasteiger partial charge in [0.25, 0.3) is 0 Å². The molecule has 0 heterocycles. The topological polar surface area (TPSA) is 63.0 Å². The van der Waals surface area contributed by atoms with Crippen molar-refractivity contribution in [2.24, 2.45) is 0 Å². The zero-order chi connectivity index (χ0) is 0. The van der Waals surface area contributed by atoms with Crippen molar-refractivity contribution in [1.29, 1.82) is 0 Å². The molecule has 0 aliphatic carbocycles. The predicted octanol–water partition coefficient (Wildman–Crippen LogP) is -2.03. The zero-order valence-electron chi connectivity index (χ0n) is 2.41. The Hall–Kier alpha value is 1.61. The van der Waals surface area contributed by atoms with Gasteiger partial charge in [-0.3, -0.25) is 0 Å². The van der Waals surface area contributed by atoms with Crippen molar-refractivity contribution in [1.82, 2.24) is 0 Å². The summed E-state index contributed by atoms with van der Waals surface area (Å²) in [7, 11) is 0. The van der Waals surface area contributed by atoms with Crippen LogP contribution in [0.5, 0.6) is 0 Å². The van der Waals surface area contributed by atoms with E-state index in [4.69, 9.17) is 0 Å². The molecule has 0 fully saturated rings. The summed E-state index contributed by atoms with van der Waals surface area (Å²) < 4.78 is 0. The molecule has 0 amide bonds. The van der Waals surface area contributed by atoms with Crippen molar-refractivity contribution in [3.63, 3.8) is 0 Å². The minimum Gasteiger partial charge on any atom is -0.412 e. The van der Waals surface area contributed by atoms with Crippen molar-refractivity contribution in [2.75, 3.05) is 0 Å². The molecule has 0 rings (SSSR count). The summed E-state index contributed by atoms with van der Waals surface area (Å²) in [6, 6.07) is 0. The van der Waals surface area contributed by atoms with Gasteiger partial charge in [-0.2, -0.15) is 0 Å². The van der Waals surface area contributed by atoms with Crippen LogP contribution in [0.2, 0.25) is 0 Å². The van der Waals surface area contributed by atoms with E-state index in [1.807, 2.05) is 0 Å². The molecule has 0 aliphatic heterocycles. The van der Waals surface area contributed by atoms with Crippen LogP contribution in [-0.4, -0.2) is 40.5 Å². The van der Waals surface area contributed by atoms with Crippen molar-refractivity contribution in [3.8, 4) is 0 Å².